The summed E-state index contributed by atoms with van der Waals surface area (Å²) in [5, 5.41) is 10.6. The maximum atomic E-state index is 12.7. The van der Waals surface area contributed by atoms with E-state index in [0.29, 0.717) is 12.0 Å². The standard InChI is InChI=1S/C14H17F3OS/c1-10-13(18,6-3-7-19-10)9-11-4-2-5-12(8-11)14(15,16)17/h2,4-5,8,10,18H,3,6-7,9H2,1H3. The molecule has 106 valence electrons. The molecule has 0 aliphatic carbocycles. The van der Waals surface area contributed by atoms with Crippen molar-refractivity contribution in [3.05, 3.63) is 35.4 Å². The molecule has 1 N–H and O–H groups in total. The monoisotopic (exact) mass is 290 g/mol. The molecule has 1 fully saturated rings. The molecule has 1 nitrogen and oxygen atoms in total. The number of hydrogen-bond donors (Lipinski definition) is 1. The van der Waals surface area contributed by atoms with E-state index in [9.17, 15) is 18.3 Å². The van der Waals surface area contributed by atoms with Gasteiger partial charge in [-0.05, 0) is 30.2 Å². The van der Waals surface area contributed by atoms with Crippen LogP contribution in [0.3, 0.4) is 0 Å². The molecule has 2 rings (SSSR count). The summed E-state index contributed by atoms with van der Waals surface area (Å²) in [5.41, 5.74) is -0.996. The summed E-state index contributed by atoms with van der Waals surface area (Å²) >= 11 is 1.68. The molecule has 0 bridgehead atoms. The molecule has 0 aromatic heterocycles. The highest BCUT2D eigenvalue weighted by molar-refractivity contribution is 8.00. The van der Waals surface area contributed by atoms with Crippen molar-refractivity contribution in [1.29, 1.82) is 0 Å². The molecule has 0 radical (unpaired) electrons. The first-order chi connectivity index (χ1) is 8.81. The Bertz CT molecular complexity index is 447. The molecule has 2 unspecified atom stereocenters. The van der Waals surface area contributed by atoms with Gasteiger partial charge in [-0.1, -0.05) is 25.1 Å². The van der Waals surface area contributed by atoms with Crippen molar-refractivity contribution in [3.63, 3.8) is 0 Å². The van der Waals surface area contributed by atoms with Gasteiger partial charge in [-0.3, -0.25) is 0 Å². The maximum absolute atomic E-state index is 12.7. The van der Waals surface area contributed by atoms with Crippen LogP contribution in [0.5, 0.6) is 0 Å². The smallest absolute Gasteiger partial charge is 0.388 e. The van der Waals surface area contributed by atoms with Crippen molar-refractivity contribution < 1.29 is 18.3 Å². The van der Waals surface area contributed by atoms with Gasteiger partial charge < -0.3 is 5.11 Å². The average molecular weight is 290 g/mol. The highest BCUT2D eigenvalue weighted by atomic mass is 32.2. The summed E-state index contributed by atoms with van der Waals surface area (Å²) in [5.74, 6) is 1.01. The van der Waals surface area contributed by atoms with Gasteiger partial charge in [-0.25, -0.2) is 0 Å². The molecule has 0 amide bonds. The van der Waals surface area contributed by atoms with Crippen LogP contribution in [-0.4, -0.2) is 21.7 Å². The van der Waals surface area contributed by atoms with Gasteiger partial charge in [-0.15, -0.1) is 0 Å². The molecule has 5 heteroatoms. The van der Waals surface area contributed by atoms with Crippen LogP contribution in [0.15, 0.2) is 24.3 Å². The zero-order chi connectivity index (χ0) is 14.1. The SMILES string of the molecule is CC1SCCCC1(O)Cc1cccc(C(F)(F)F)c1. The Kier molecular flexibility index (Phi) is 4.16. The van der Waals surface area contributed by atoms with Crippen LogP contribution in [0.25, 0.3) is 0 Å². The van der Waals surface area contributed by atoms with Crippen molar-refractivity contribution in [2.45, 2.75) is 43.2 Å². The van der Waals surface area contributed by atoms with E-state index in [0.717, 1.165) is 24.3 Å². The molecule has 1 aromatic rings. The Morgan fingerprint density at radius 2 is 2.16 bits per heavy atom. The molecule has 1 aliphatic rings. The minimum atomic E-state index is -4.33. The molecule has 1 aromatic carbocycles. The zero-order valence-electron chi connectivity index (χ0n) is 10.7. The molecule has 0 saturated carbocycles. The minimum Gasteiger partial charge on any atom is -0.388 e. The number of halogens is 3. The van der Waals surface area contributed by atoms with Gasteiger partial charge >= 0.3 is 6.18 Å². The molecule has 0 spiro atoms. The number of hydrogen-bond acceptors (Lipinski definition) is 2. The molecule has 19 heavy (non-hydrogen) atoms. The third-order valence-corrected chi connectivity index (χ3v) is 5.11. The van der Waals surface area contributed by atoms with E-state index < -0.39 is 17.3 Å². The lowest BCUT2D eigenvalue weighted by molar-refractivity contribution is -0.137. The quantitative estimate of drug-likeness (QED) is 0.891. The Hall–Kier alpha value is -0.680. The zero-order valence-corrected chi connectivity index (χ0v) is 11.5. The van der Waals surface area contributed by atoms with Gasteiger partial charge in [0.2, 0.25) is 0 Å². The van der Waals surface area contributed by atoms with Crippen molar-refractivity contribution in [1.82, 2.24) is 0 Å². The lowest BCUT2D eigenvalue weighted by atomic mass is 9.86. The van der Waals surface area contributed by atoms with Crippen LogP contribution in [-0.2, 0) is 12.6 Å². The second-order valence-corrected chi connectivity index (χ2v) is 6.54. The lowest BCUT2D eigenvalue weighted by Crippen LogP contribution is -2.43. The van der Waals surface area contributed by atoms with Crippen LogP contribution in [0.2, 0.25) is 0 Å². The van der Waals surface area contributed by atoms with Crippen LogP contribution < -0.4 is 0 Å². The first kappa shape index (κ1) is 14.7. The van der Waals surface area contributed by atoms with Gasteiger partial charge in [0.15, 0.2) is 0 Å². The first-order valence-corrected chi connectivity index (χ1v) is 7.36. The van der Waals surface area contributed by atoms with E-state index in [-0.39, 0.29) is 11.7 Å². The lowest BCUT2D eigenvalue weighted by Gasteiger charge is -2.38. The van der Waals surface area contributed by atoms with E-state index in [1.54, 1.807) is 17.8 Å². The maximum Gasteiger partial charge on any atom is 0.416 e. The minimum absolute atomic E-state index is 0.0517. The Balaban J connectivity index is 2.19. The van der Waals surface area contributed by atoms with Gasteiger partial charge in [0, 0.05) is 11.7 Å². The summed E-state index contributed by atoms with van der Waals surface area (Å²) in [6.45, 7) is 1.94. The van der Waals surface area contributed by atoms with Crippen molar-refractivity contribution in [2.75, 3.05) is 5.75 Å². The summed E-state index contributed by atoms with van der Waals surface area (Å²) in [6, 6.07) is 5.26. The Morgan fingerprint density at radius 3 is 2.79 bits per heavy atom. The summed E-state index contributed by atoms with van der Waals surface area (Å²) in [4.78, 5) is 0. The van der Waals surface area contributed by atoms with Crippen LogP contribution in [0, 0.1) is 0 Å². The fraction of sp³-hybridized carbons (Fsp3) is 0.571. The third kappa shape index (κ3) is 3.45. The van der Waals surface area contributed by atoms with Crippen LogP contribution in [0.1, 0.15) is 30.9 Å². The van der Waals surface area contributed by atoms with Crippen molar-refractivity contribution in [2.24, 2.45) is 0 Å². The molecule has 1 saturated heterocycles. The van der Waals surface area contributed by atoms with Crippen LogP contribution in [0.4, 0.5) is 13.2 Å². The highest BCUT2D eigenvalue weighted by Crippen LogP contribution is 2.37. The van der Waals surface area contributed by atoms with E-state index in [2.05, 4.69) is 0 Å². The third-order valence-electron chi connectivity index (χ3n) is 3.64. The largest absolute Gasteiger partial charge is 0.416 e. The highest BCUT2D eigenvalue weighted by Gasteiger charge is 2.37. The Morgan fingerprint density at radius 1 is 1.42 bits per heavy atom. The van der Waals surface area contributed by atoms with E-state index in [4.69, 9.17) is 0 Å². The van der Waals surface area contributed by atoms with Gasteiger partial charge in [-0.2, -0.15) is 24.9 Å². The number of rotatable bonds is 2. The molecular weight excluding hydrogens is 273 g/mol. The van der Waals surface area contributed by atoms with Crippen molar-refractivity contribution >= 4 is 11.8 Å². The number of alkyl halides is 3. The van der Waals surface area contributed by atoms with E-state index >= 15 is 0 Å². The van der Waals surface area contributed by atoms with Gasteiger partial charge in [0.1, 0.15) is 0 Å². The predicted molar refractivity (Wildman–Crippen MR) is 71.3 cm³/mol. The summed E-state index contributed by atoms with van der Waals surface area (Å²) in [7, 11) is 0. The fourth-order valence-electron chi connectivity index (χ4n) is 2.44. The van der Waals surface area contributed by atoms with Crippen molar-refractivity contribution in [3.8, 4) is 0 Å². The molecule has 1 aliphatic heterocycles. The normalized spacial score (nSPS) is 28.4. The van der Waals surface area contributed by atoms with Gasteiger partial charge in [0.25, 0.3) is 0 Å². The van der Waals surface area contributed by atoms with E-state index in [1.807, 2.05) is 6.92 Å². The molecule has 2 atom stereocenters. The average Bonchev–Trinajstić information content (AvgIpc) is 2.32. The number of benzene rings is 1. The second-order valence-electron chi connectivity index (χ2n) is 5.10. The molecule has 1 heterocycles. The topological polar surface area (TPSA) is 20.2 Å². The number of thioether (sulfide) groups is 1. The fourth-order valence-corrected chi connectivity index (χ4v) is 3.62. The van der Waals surface area contributed by atoms with Crippen LogP contribution >= 0.6 is 11.8 Å². The molecular formula is C14H17F3OS. The summed E-state index contributed by atoms with van der Waals surface area (Å²) < 4.78 is 38.0. The predicted octanol–water partition coefficient (Wildman–Crippen LogP) is 3.89. The Labute approximate surface area is 115 Å². The second kappa shape index (κ2) is 5.37. The first-order valence-electron chi connectivity index (χ1n) is 6.31. The summed E-state index contributed by atoms with van der Waals surface area (Å²) in [6.07, 6.45) is -2.49. The number of aliphatic hydroxyl groups is 1. The van der Waals surface area contributed by atoms with Gasteiger partial charge in [0.05, 0.1) is 11.2 Å². The van der Waals surface area contributed by atoms with E-state index in [1.165, 1.54) is 6.07 Å².